The molecule has 52 valence electrons. The van der Waals surface area contributed by atoms with E-state index < -0.39 is 0 Å². The number of hydrogen-bond acceptors (Lipinski definition) is 2. The Labute approximate surface area is 76.5 Å². The molecule has 0 atom stereocenters. The molecule has 0 aliphatic rings. The van der Waals surface area contributed by atoms with Crippen LogP contribution in [0.4, 0.5) is 0 Å². The van der Waals surface area contributed by atoms with Crippen LogP contribution in [0.25, 0.3) is 0 Å². The van der Waals surface area contributed by atoms with Gasteiger partial charge in [-0.2, -0.15) is 0 Å². The molecule has 0 aliphatic carbocycles. The van der Waals surface area contributed by atoms with Crippen LogP contribution in [-0.4, -0.2) is 34.1 Å². The summed E-state index contributed by atoms with van der Waals surface area (Å²) in [5.41, 5.74) is 0.690. The molecule has 1 rings (SSSR count). The molecule has 4 radical (unpaired) electrons. The van der Waals surface area contributed by atoms with Gasteiger partial charge < -0.3 is 10.2 Å². The topological polar surface area (TPSA) is 40.5 Å². The van der Waals surface area contributed by atoms with Gasteiger partial charge >= 0.3 is 0 Å². The summed E-state index contributed by atoms with van der Waals surface area (Å²) < 4.78 is 0. The molecule has 10 heavy (non-hydrogen) atoms. The Morgan fingerprint density at radius 2 is 1.80 bits per heavy atom. The molecule has 2 nitrogen and oxygen atoms in total. The first-order valence-electron chi connectivity index (χ1n) is 2.69. The van der Waals surface area contributed by atoms with Crippen molar-refractivity contribution in [1.82, 2.24) is 0 Å². The van der Waals surface area contributed by atoms with Crippen LogP contribution < -0.4 is 0 Å². The van der Waals surface area contributed by atoms with Crippen LogP contribution in [0.15, 0.2) is 18.2 Å². The zero-order chi connectivity index (χ0) is 6.85. The Bertz CT molecular complexity index is 223. The minimum absolute atomic E-state index is 0. The van der Waals surface area contributed by atoms with E-state index in [0.717, 1.165) is 0 Å². The Balaban J connectivity index is 0.000000810. The Hall–Kier alpha value is -0.381. The molecule has 3 heteroatoms. The van der Waals surface area contributed by atoms with E-state index in [1.165, 1.54) is 18.2 Å². The van der Waals surface area contributed by atoms with Crippen LogP contribution in [0.3, 0.4) is 0 Å². The standard InChI is InChI=1S/C7H8O2.Sn/c1-5-4-6(8)2-3-7(5)9;/h2-4,8-9H,1H3;. The first-order valence-corrected chi connectivity index (χ1v) is 2.69. The number of aromatic hydroxyl groups is 2. The molecular formula is C7H8O2Sn. The normalized spacial score (nSPS) is 8.50. The zero-order valence-corrected chi connectivity index (χ0v) is 8.48. The fourth-order valence-electron chi connectivity index (χ4n) is 0.640. The fraction of sp³-hybridized carbons (Fsp3) is 0.143. The van der Waals surface area contributed by atoms with E-state index in [0.29, 0.717) is 5.56 Å². The van der Waals surface area contributed by atoms with Gasteiger partial charge in [0, 0.05) is 23.9 Å². The second-order valence-corrected chi connectivity index (χ2v) is 1.97. The van der Waals surface area contributed by atoms with E-state index in [2.05, 4.69) is 0 Å². The molecule has 0 aliphatic heterocycles. The average molecular weight is 243 g/mol. The summed E-state index contributed by atoms with van der Waals surface area (Å²) in [6.07, 6.45) is 0. The van der Waals surface area contributed by atoms with E-state index in [-0.39, 0.29) is 35.4 Å². The minimum Gasteiger partial charge on any atom is -0.508 e. The molecule has 0 saturated carbocycles. The SMILES string of the molecule is Cc1cc(O)ccc1O.[Sn]. The van der Waals surface area contributed by atoms with Crippen molar-refractivity contribution in [3.63, 3.8) is 0 Å². The van der Waals surface area contributed by atoms with Gasteiger partial charge in [-0.1, -0.05) is 0 Å². The van der Waals surface area contributed by atoms with Crippen LogP contribution >= 0.6 is 0 Å². The summed E-state index contributed by atoms with van der Waals surface area (Å²) in [7, 11) is 0. The third-order valence-electron chi connectivity index (χ3n) is 1.18. The third-order valence-corrected chi connectivity index (χ3v) is 1.18. The molecule has 0 bridgehead atoms. The summed E-state index contributed by atoms with van der Waals surface area (Å²) in [4.78, 5) is 0. The summed E-state index contributed by atoms with van der Waals surface area (Å²) >= 11 is 0. The second-order valence-electron chi connectivity index (χ2n) is 1.97. The van der Waals surface area contributed by atoms with Gasteiger partial charge in [-0.05, 0) is 30.7 Å². The van der Waals surface area contributed by atoms with Gasteiger partial charge in [0.1, 0.15) is 11.5 Å². The second kappa shape index (κ2) is 3.71. The van der Waals surface area contributed by atoms with Crippen molar-refractivity contribution in [2.45, 2.75) is 6.92 Å². The average Bonchev–Trinajstić information content (AvgIpc) is 1.80. The van der Waals surface area contributed by atoms with Crippen LogP contribution in [0.5, 0.6) is 11.5 Å². The number of hydrogen-bond donors (Lipinski definition) is 2. The maximum absolute atomic E-state index is 8.93. The fourth-order valence-corrected chi connectivity index (χ4v) is 0.640. The summed E-state index contributed by atoms with van der Waals surface area (Å²) in [6.45, 7) is 1.73. The van der Waals surface area contributed by atoms with Gasteiger partial charge in [-0.15, -0.1) is 0 Å². The van der Waals surface area contributed by atoms with E-state index in [1.54, 1.807) is 6.92 Å². The predicted molar refractivity (Wildman–Crippen MR) is 40.3 cm³/mol. The molecule has 0 aromatic heterocycles. The van der Waals surface area contributed by atoms with Crippen molar-refractivity contribution in [2.24, 2.45) is 0 Å². The number of aryl methyl sites for hydroxylation is 1. The first-order chi connectivity index (χ1) is 4.20. The Kier molecular flexibility index (Phi) is 3.56. The number of phenols is 2. The molecule has 0 saturated heterocycles. The van der Waals surface area contributed by atoms with E-state index in [9.17, 15) is 0 Å². The number of rotatable bonds is 0. The summed E-state index contributed by atoms with van der Waals surface area (Å²) in [6, 6.07) is 4.42. The maximum atomic E-state index is 8.93. The number of phenolic OH excluding ortho intramolecular Hbond substituents is 2. The Morgan fingerprint density at radius 1 is 1.20 bits per heavy atom. The molecule has 0 heterocycles. The van der Waals surface area contributed by atoms with Gasteiger partial charge in [-0.3, -0.25) is 0 Å². The van der Waals surface area contributed by atoms with Crippen LogP contribution in [0.1, 0.15) is 5.56 Å². The van der Waals surface area contributed by atoms with Crippen molar-refractivity contribution in [3.8, 4) is 11.5 Å². The van der Waals surface area contributed by atoms with E-state index in [4.69, 9.17) is 10.2 Å². The monoisotopic (exact) mass is 244 g/mol. The van der Waals surface area contributed by atoms with Gasteiger partial charge in [-0.25, -0.2) is 0 Å². The predicted octanol–water partition coefficient (Wildman–Crippen LogP) is 1.03. The van der Waals surface area contributed by atoms with Crippen LogP contribution in [0, 0.1) is 6.92 Å². The molecule has 1 aromatic carbocycles. The van der Waals surface area contributed by atoms with Crippen LogP contribution in [0.2, 0.25) is 0 Å². The summed E-state index contributed by atoms with van der Waals surface area (Å²) in [5.74, 6) is 0.401. The van der Waals surface area contributed by atoms with Gasteiger partial charge in [0.25, 0.3) is 0 Å². The minimum atomic E-state index is 0. The Morgan fingerprint density at radius 3 is 2.20 bits per heavy atom. The van der Waals surface area contributed by atoms with Crippen molar-refractivity contribution in [2.75, 3.05) is 0 Å². The van der Waals surface area contributed by atoms with Crippen molar-refractivity contribution >= 4 is 23.9 Å². The van der Waals surface area contributed by atoms with Crippen molar-refractivity contribution in [3.05, 3.63) is 23.8 Å². The molecule has 0 amide bonds. The van der Waals surface area contributed by atoms with Gasteiger partial charge in [0.2, 0.25) is 0 Å². The van der Waals surface area contributed by atoms with Crippen molar-refractivity contribution < 1.29 is 10.2 Å². The molecule has 0 fully saturated rings. The molecule has 1 aromatic rings. The maximum Gasteiger partial charge on any atom is 0.118 e. The molecule has 2 N–H and O–H groups in total. The van der Waals surface area contributed by atoms with Crippen molar-refractivity contribution in [1.29, 1.82) is 0 Å². The quantitative estimate of drug-likeness (QED) is 0.527. The zero-order valence-electron chi connectivity index (χ0n) is 5.63. The smallest absolute Gasteiger partial charge is 0.118 e. The van der Waals surface area contributed by atoms with E-state index >= 15 is 0 Å². The van der Waals surface area contributed by atoms with Gasteiger partial charge in [0.15, 0.2) is 0 Å². The van der Waals surface area contributed by atoms with E-state index in [1.807, 2.05) is 0 Å². The summed E-state index contributed by atoms with van der Waals surface area (Å²) in [5, 5.41) is 17.8. The molecule has 0 unspecified atom stereocenters. The third kappa shape index (κ3) is 2.10. The molecule has 0 spiro atoms. The number of benzene rings is 1. The van der Waals surface area contributed by atoms with Crippen LogP contribution in [-0.2, 0) is 0 Å². The first kappa shape index (κ1) is 9.62. The largest absolute Gasteiger partial charge is 0.508 e. The van der Waals surface area contributed by atoms with Gasteiger partial charge in [0.05, 0.1) is 0 Å². The molecular weight excluding hydrogens is 235 g/mol.